The van der Waals surface area contributed by atoms with Crippen LogP contribution in [-0.4, -0.2) is 38.8 Å². The number of pyridine rings is 1. The first-order chi connectivity index (χ1) is 12.8. The number of nitrogens with one attached hydrogen (secondary N) is 1. The van der Waals surface area contributed by atoms with Crippen LogP contribution in [0.15, 0.2) is 61.3 Å². The molecule has 0 saturated heterocycles. The van der Waals surface area contributed by atoms with E-state index in [1.807, 2.05) is 35.4 Å². The van der Waals surface area contributed by atoms with Crippen LogP contribution in [0.4, 0.5) is 5.69 Å². The largest absolute Gasteiger partial charge is 0.364 e. The molecule has 132 valence electrons. The molecule has 1 N–H and O–H groups in total. The van der Waals surface area contributed by atoms with E-state index in [1.165, 1.54) is 11.3 Å². The summed E-state index contributed by atoms with van der Waals surface area (Å²) in [6, 6.07) is 12.1. The van der Waals surface area contributed by atoms with Gasteiger partial charge in [0.2, 0.25) is 5.91 Å². The van der Waals surface area contributed by atoms with Gasteiger partial charge in [0.25, 0.3) is 0 Å². The van der Waals surface area contributed by atoms with Crippen LogP contribution in [0.2, 0.25) is 0 Å². The third-order valence-corrected chi connectivity index (χ3v) is 4.67. The molecule has 3 heterocycles. The number of amides is 1. The highest BCUT2D eigenvalue weighted by Gasteiger charge is 2.23. The van der Waals surface area contributed by atoms with E-state index in [1.54, 1.807) is 18.7 Å². The maximum absolute atomic E-state index is 12.8. The van der Waals surface area contributed by atoms with Crippen LogP contribution in [-0.2, 0) is 24.3 Å². The smallest absolute Gasteiger partial charge is 0.227 e. The predicted octanol–water partition coefficient (Wildman–Crippen LogP) is 2.40. The van der Waals surface area contributed by atoms with Crippen molar-refractivity contribution in [3.63, 3.8) is 0 Å². The zero-order chi connectivity index (χ0) is 17.8. The molecule has 0 unspecified atom stereocenters. The van der Waals surface area contributed by atoms with Gasteiger partial charge < -0.3 is 14.8 Å². The number of hydrogen-bond donors (Lipinski definition) is 1. The molecule has 1 aromatic carbocycles. The molecular formula is C20H21N5O. The number of carbonyl (C=O) groups excluding carboxylic acids is 1. The molecule has 0 aliphatic carbocycles. The monoisotopic (exact) mass is 347 g/mol. The van der Waals surface area contributed by atoms with E-state index in [0.717, 1.165) is 24.3 Å². The molecule has 0 radical (unpaired) electrons. The number of anilines is 1. The Hall–Kier alpha value is -3.15. The minimum Gasteiger partial charge on any atom is -0.364 e. The number of benzene rings is 1. The zero-order valence-corrected chi connectivity index (χ0v) is 14.5. The van der Waals surface area contributed by atoms with E-state index < -0.39 is 0 Å². The molecule has 1 aliphatic rings. The van der Waals surface area contributed by atoms with E-state index in [2.05, 4.69) is 32.0 Å². The Labute approximate surface area is 152 Å². The SMILES string of the molecule is O=C(Cc1cccnc1)N1CCN(Cc2c[nH]cn2)c2ccccc2C1. The van der Waals surface area contributed by atoms with Gasteiger partial charge in [0.05, 0.1) is 25.0 Å². The number of H-pyrrole nitrogens is 1. The predicted molar refractivity (Wildman–Crippen MR) is 99.4 cm³/mol. The van der Waals surface area contributed by atoms with Gasteiger partial charge in [0.15, 0.2) is 0 Å². The molecule has 1 aliphatic heterocycles. The summed E-state index contributed by atoms with van der Waals surface area (Å²) in [5.41, 5.74) is 4.28. The van der Waals surface area contributed by atoms with Crippen LogP contribution >= 0.6 is 0 Å². The highest BCUT2D eigenvalue weighted by Crippen LogP contribution is 2.26. The molecule has 1 amide bonds. The van der Waals surface area contributed by atoms with Crippen LogP contribution in [0.25, 0.3) is 0 Å². The Morgan fingerprint density at radius 2 is 2.08 bits per heavy atom. The summed E-state index contributed by atoms with van der Waals surface area (Å²) in [6.45, 7) is 2.83. The second kappa shape index (κ2) is 7.39. The first kappa shape index (κ1) is 16.3. The third kappa shape index (κ3) is 3.59. The highest BCUT2D eigenvalue weighted by atomic mass is 16.2. The Morgan fingerprint density at radius 3 is 2.88 bits per heavy atom. The van der Waals surface area contributed by atoms with E-state index in [4.69, 9.17) is 0 Å². The van der Waals surface area contributed by atoms with Crippen LogP contribution < -0.4 is 4.90 Å². The van der Waals surface area contributed by atoms with E-state index in [9.17, 15) is 4.79 Å². The number of aromatic amines is 1. The summed E-state index contributed by atoms with van der Waals surface area (Å²) in [5, 5.41) is 0. The summed E-state index contributed by atoms with van der Waals surface area (Å²) in [5.74, 6) is 0.134. The van der Waals surface area contributed by atoms with E-state index in [0.29, 0.717) is 19.5 Å². The van der Waals surface area contributed by atoms with Gasteiger partial charge in [-0.1, -0.05) is 24.3 Å². The maximum atomic E-state index is 12.8. The summed E-state index contributed by atoms with van der Waals surface area (Å²) in [7, 11) is 0. The van der Waals surface area contributed by atoms with Crippen LogP contribution in [0.5, 0.6) is 0 Å². The molecule has 0 atom stereocenters. The van der Waals surface area contributed by atoms with Crippen LogP contribution in [0.1, 0.15) is 16.8 Å². The lowest BCUT2D eigenvalue weighted by molar-refractivity contribution is -0.130. The van der Waals surface area contributed by atoms with Gasteiger partial charge in [-0.2, -0.15) is 0 Å². The Bertz CT molecular complexity index is 863. The lowest BCUT2D eigenvalue weighted by Gasteiger charge is -2.24. The van der Waals surface area contributed by atoms with Gasteiger partial charge in [0, 0.05) is 43.9 Å². The first-order valence-corrected chi connectivity index (χ1v) is 8.77. The molecule has 0 spiro atoms. The van der Waals surface area contributed by atoms with Gasteiger partial charge >= 0.3 is 0 Å². The number of carbonyl (C=O) groups is 1. The molecule has 3 aromatic rings. The molecule has 0 bridgehead atoms. The lowest BCUT2D eigenvalue weighted by atomic mass is 10.1. The molecule has 0 saturated carbocycles. The quantitative estimate of drug-likeness (QED) is 0.787. The fourth-order valence-electron chi connectivity index (χ4n) is 3.34. The van der Waals surface area contributed by atoms with Crippen molar-refractivity contribution in [2.24, 2.45) is 0 Å². The van der Waals surface area contributed by atoms with Crippen molar-refractivity contribution in [3.05, 3.63) is 78.1 Å². The maximum Gasteiger partial charge on any atom is 0.227 e. The standard InChI is InChI=1S/C20H21N5O/c26-20(10-16-4-3-7-21-11-16)25-9-8-24(14-18-12-22-15-23-18)19-6-2-1-5-17(19)13-25/h1-7,11-12,15H,8-10,13-14H2,(H,22,23). The molecule has 6 nitrogen and oxygen atoms in total. The van der Waals surface area contributed by atoms with Crippen molar-refractivity contribution in [1.29, 1.82) is 0 Å². The number of hydrogen-bond acceptors (Lipinski definition) is 4. The van der Waals surface area contributed by atoms with Crippen molar-refractivity contribution in [2.75, 3.05) is 18.0 Å². The minimum absolute atomic E-state index is 0.134. The van der Waals surface area contributed by atoms with Crippen molar-refractivity contribution in [1.82, 2.24) is 19.9 Å². The van der Waals surface area contributed by atoms with Crippen LogP contribution in [0.3, 0.4) is 0 Å². The number of aromatic nitrogens is 3. The summed E-state index contributed by atoms with van der Waals surface area (Å²) >= 11 is 0. The highest BCUT2D eigenvalue weighted by molar-refractivity contribution is 5.79. The number of fused-ring (bicyclic) bond motifs is 1. The number of rotatable bonds is 4. The Kier molecular flexibility index (Phi) is 4.64. The Morgan fingerprint density at radius 1 is 1.15 bits per heavy atom. The lowest BCUT2D eigenvalue weighted by Crippen LogP contribution is -2.36. The number of para-hydroxylation sites is 1. The van der Waals surface area contributed by atoms with E-state index >= 15 is 0 Å². The van der Waals surface area contributed by atoms with Crippen LogP contribution in [0, 0.1) is 0 Å². The molecule has 2 aromatic heterocycles. The topological polar surface area (TPSA) is 65.1 Å². The number of imidazole rings is 1. The van der Waals surface area contributed by atoms with Gasteiger partial charge in [-0.3, -0.25) is 9.78 Å². The van der Waals surface area contributed by atoms with Crippen molar-refractivity contribution in [2.45, 2.75) is 19.5 Å². The summed E-state index contributed by atoms with van der Waals surface area (Å²) < 4.78 is 0. The fraction of sp³-hybridized carbons (Fsp3) is 0.250. The molecule has 26 heavy (non-hydrogen) atoms. The molecule has 6 heteroatoms. The third-order valence-electron chi connectivity index (χ3n) is 4.67. The number of nitrogens with zero attached hydrogens (tertiary/aromatic N) is 4. The average molecular weight is 347 g/mol. The summed E-state index contributed by atoms with van der Waals surface area (Å²) in [6.07, 6.45) is 7.48. The fourth-order valence-corrected chi connectivity index (χ4v) is 3.34. The average Bonchev–Trinajstić information content (AvgIpc) is 3.11. The Balaban J connectivity index is 1.53. The van der Waals surface area contributed by atoms with Gasteiger partial charge in [0.1, 0.15) is 0 Å². The summed E-state index contributed by atoms with van der Waals surface area (Å²) in [4.78, 5) is 28.5. The first-order valence-electron chi connectivity index (χ1n) is 8.77. The molecular weight excluding hydrogens is 326 g/mol. The van der Waals surface area contributed by atoms with Gasteiger partial charge in [-0.15, -0.1) is 0 Å². The van der Waals surface area contributed by atoms with Crippen molar-refractivity contribution >= 4 is 11.6 Å². The van der Waals surface area contributed by atoms with E-state index in [-0.39, 0.29) is 5.91 Å². The zero-order valence-electron chi connectivity index (χ0n) is 14.5. The van der Waals surface area contributed by atoms with Crippen molar-refractivity contribution in [3.8, 4) is 0 Å². The molecule has 0 fully saturated rings. The minimum atomic E-state index is 0.134. The van der Waals surface area contributed by atoms with Gasteiger partial charge in [-0.05, 0) is 23.3 Å². The second-order valence-electron chi connectivity index (χ2n) is 6.46. The van der Waals surface area contributed by atoms with Crippen molar-refractivity contribution < 1.29 is 4.79 Å². The second-order valence-corrected chi connectivity index (χ2v) is 6.46. The van der Waals surface area contributed by atoms with Gasteiger partial charge in [-0.25, -0.2) is 4.98 Å². The normalized spacial score (nSPS) is 14.0. The molecule has 4 rings (SSSR count).